The minimum absolute atomic E-state index is 0.0866. The van der Waals surface area contributed by atoms with Crippen molar-refractivity contribution in [2.45, 2.75) is 108 Å². The van der Waals surface area contributed by atoms with Crippen molar-refractivity contribution in [3.05, 3.63) is 0 Å². The van der Waals surface area contributed by atoms with E-state index in [0.717, 1.165) is 25.7 Å². The average Bonchev–Trinajstić information content (AvgIpc) is 2.56. The number of halogens is 2. The van der Waals surface area contributed by atoms with E-state index in [-0.39, 0.29) is 16.7 Å². The molecule has 0 amide bonds. The Balaban J connectivity index is 3.25. The van der Waals surface area contributed by atoms with Crippen molar-refractivity contribution < 1.29 is 9.53 Å². The standard InChI is InChI=1S/C19H36Cl2O2/c1-3-4-14-17(20)18(21)15-12-10-8-6-5-7-9-11-13-16-19(22)23-2/h17-18H,3-16H2,1-2H3/t17-,18-/m1/s1. The molecule has 0 aromatic carbocycles. The molecule has 0 aromatic rings. The highest BCUT2D eigenvalue weighted by Crippen LogP contribution is 2.22. The minimum Gasteiger partial charge on any atom is -0.469 e. The smallest absolute Gasteiger partial charge is 0.305 e. The van der Waals surface area contributed by atoms with Crippen LogP contribution >= 0.6 is 23.2 Å². The van der Waals surface area contributed by atoms with E-state index in [9.17, 15) is 4.79 Å². The number of rotatable bonds is 16. The third-order valence-corrected chi connectivity index (χ3v) is 5.49. The van der Waals surface area contributed by atoms with Crippen molar-refractivity contribution in [1.29, 1.82) is 0 Å². The molecule has 2 nitrogen and oxygen atoms in total. The van der Waals surface area contributed by atoms with Gasteiger partial charge in [-0.3, -0.25) is 4.79 Å². The fraction of sp³-hybridized carbons (Fsp3) is 0.947. The van der Waals surface area contributed by atoms with Gasteiger partial charge in [-0.2, -0.15) is 0 Å². The number of carbonyl (C=O) groups excluding carboxylic acids is 1. The predicted octanol–water partition coefficient (Wildman–Crippen LogP) is 6.86. The van der Waals surface area contributed by atoms with Gasteiger partial charge in [0.15, 0.2) is 0 Å². The first-order valence-corrected chi connectivity index (χ1v) is 10.3. The molecule has 2 atom stereocenters. The Kier molecular flexibility index (Phi) is 16.9. The number of ether oxygens (including phenoxy) is 1. The van der Waals surface area contributed by atoms with Crippen LogP contribution in [0.2, 0.25) is 0 Å². The second kappa shape index (κ2) is 16.9. The van der Waals surface area contributed by atoms with E-state index >= 15 is 0 Å². The van der Waals surface area contributed by atoms with Crippen LogP contribution in [-0.4, -0.2) is 23.8 Å². The number of hydrogen-bond acceptors (Lipinski definition) is 2. The van der Waals surface area contributed by atoms with Gasteiger partial charge in [0, 0.05) is 17.2 Å². The summed E-state index contributed by atoms with van der Waals surface area (Å²) in [6.07, 6.45) is 16.0. The van der Waals surface area contributed by atoms with E-state index in [1.807, 2.05) is 0 Å². The third-order valence-electron chi connectivity index (χ3n) is 4.31. The monoisotopic (exact) mass is 366 g/mol. The largest absolute Gasteiger partial charge is 0.469 e. The van der Waals surface area contributed by atoms with Crippen molar-refractivity contribution in [2.24, 2.45) is 0 Å². The maximum absolute atomic E-state index is 10.9. The molecule has 23 heavy (non-hydrogen) atoms. The molecule has 0 unspecified atom stereocenters. The van der Waals surface area contributed by atoms with Crippen LogP contribution in [0.3, 0.4) is 0 Å². The Morgan fingerprint density at radius 2 is 1.22 bits per heavy atom. The first-order valence-electron chi connectivity index (χ1n) is 9.46. The third kappa shape index (κ3) is 15.3. The van der Waals surface area contributed by atoms with Crippen LogP contribution in [0.25, 0.3) is 0 Å². The molecule has 0 bridgehead atoms. The van der Waals surface area contributed by atoms with E-state index in [4.69, 9.17) is 23.2 Å². The number of methoxy groups -OCH3 is 1. The van der Waals surface area contributed by atoms with Crippen LogP contribution in [0.15, 0.2) is 0 Å². The second-order valence-electron chi connectivity index (χ2n) is 6.47. The Hall–Kier alpha value is 0.0500. The summed E-state index contributed by atoms with van der Waals surface area (Å²) in [5.74, 6) is -0.0866. The highest BCUT2D eigenvalue weighted by atomic mass is 35.5. The fourth-order valence-corrected chi connectivity index (χ4v) is 3.27. The molecule has 0 radical (unpaired) electrons. The summed E-state index contributed by atoms with van der Waals surface area (Å²) in [4.78, 5) is 10.9. The highest BCUT2D eigenvalue weighted by Gasteiger charge is 2.15. The van der Waals surface area contributed by atoms with Gasteiger partial charge in [0.05, 0.1) is 7.11 Å². The molecule has 0 aliphatic carbocycles. The Morgan fingerprint density at radius 1 is 0.783 bits per heavy atom. The summed E-state index contributed by atoms with van der Waals surface area (Å²) in [6.45, 7) is 2.19. The number of hydrogen-bond donors (Lipinski definition) is 0. The summed E-state index contributed by atoms with van der Waals surface area (Å²) < 4.78 is 4.63. The molecule has 0 fully saturated rings. The maximum Gasteiger partial charge on any atom is 0.305 e. The topological polar surface area (TPSA) is 26.3 Å². The lowest BCUT2D eigenvalue weighted by Crippen LogP contribution is -2.14. The van der Waals surface area contributed by atoms with Crippen LogP contribution in [0.4, 0.5) is 0 Å². The molecule has 0 N–H and O–H groups in total. The predicted molar refractivity (Wildman–Crippen MR) is 102 cm³/mol. The number of alkyl halides is 2. The van der Waals surface area contributed by atoms with Gasteiger partial charge in [0.1, 0.15) is 0 Å². The van der Waals surface area contributed by atoms with E-state index in [1.165, 1.54) is 64.9 Å². The van der Waals surface area contributed by atoms with Gasteiger partial charge in [-0.05, 0) is 19.3 Å². The van der Waals surface area contributed by atoms with Gasteiger partial charge in [0.25, 0.3) is 0 Å². The highest BCUT2D eigenvalue weighted by molar-refractivity contribution is 6.29. The first-order chi connectivity index (χ1) is 11.1. The van der Waals surface area contributed by atoms with Gasteiger partial charge in [-0.25, -0.2) is 0 Å². The van der Waals surface area contributed by atoms with Crippen LogP contribution in [0.1, 0.15) is 96.8 Å². The van der Waals surface area contributed by atoms with Gasteiger partial charge in [0.2, 0.25) is 0 Å². The van der Waals surface area contributed by atoms with Crippen LogP contribution in [0.5, 0.6) is 0 Å². The molecule has 0 saturated heterocycles. The zero-order valence-electron chi connectivity index (χ0n) is 15.1. The normalized spacial score (nSPS) is 13.7. The Bertz CT molecular complexity index is 272. The summed E-state index contributed by atoms with van der Waals surface area (Å²) in [5.41, 5.74) is 0. The van der Waals surface area contributed by atoms with Gasteiger partial charge in [-0.15, -0.1) is 23.2 Å². The first kappa shape index (κ1) is 23.1. The van der Waals surface area contributed by atoms with Gasteiger partial charge in [-0.1, -0.05) is 71.1 Å². The molecule has 4 heteroatoms. The lowest BCUT2D eigenvalue weighted by Gasteiger charge is -2.15. The molecular weight excluding hydrogens is 331 g/mol. The van der Waals surface area contributed by atoms with Gasteiger partial charge >= 0.3 is 5.97 Å². The van der Waals surface area contributed by atoms with Crippen molar-refractivity contribution >= 4 is 29.2 Å². The SMILES string of the molecule is CCCC[C@@H](Cl)[C@H](Cl)CCCCCCCCCCCC(=O)OC. The number of unbranched alkanes of at least 4 members (excludes halogenated alkanes) is 9. The second-order valence-corrected chi connectivity index (χ2v) is 7.59. The summed E-state index contributed by atoms with van der Waals surface area (Å²) in [5, 5.41) is 0.277. The number of carbonyl (C=O) groups is 1. The molecule has 0 aromatic heterocycles. The summed E-state index contributed by atoms with van der Waals surface area (Å²) in [7, 11) is 1.45. The zero-order valence-corrected chi connectivity index (χ0v) is 16.6. The molecular formula is C19H36Cl2O2. The zero-order chi connectivity index (χ0) is 17.3. The quantitative estimate of drug-likeness (QED) is 0.169. The summed E-state index contributed by atoms with van der Waals surface area (Å²) in [6, 6.07) is 0. The Morgan fingerprint density at radius 3 is 1.70 bits per heavy atom. The maximum atomic E-state index is 10.9. The minimum atomic E-state index is -0.0866. The van der Waals surface area contributed by atoms with Crippen LogP contribution in [-0.2, 0) is 9.53 Å². The lowest BCUT2D eigenvalue weighted by molar-refractivity contribution is -0.140. The fourth-order valence-electron chi connectivity index (χ4n) is 2.71. The molecule has 138 valence electrons. The lowest BCUT2D eigenvalue weighted by atomic mass is 10.0. The molecule has 0 aliphatic rings. The molecule has 0 rings (SSSR count). The molecule has 0 spiro atoms. The van der Waals surface area contributed by atoms with E-state index in [0.29, 0.717) is 6.42 Å². The molecule has 0 heterocycles. The van der Waals surface area contributed by atoms with E-state index in [2.05, 4.69) is 11.7 Å². The Labute approximate surface area is 153 Å². The van der Waals surface area contributed by atoms with Crippen LogP contribution in [0, 0.1) is 0 Å². The van der Waals surface area contributed by atoms with Crippen molar-refractivity contribution in [3.8, 4) is 0 Å². The van der Waals surface area contributed by atoms with Crippen molar-refractivity contribution in [2.75, 3.05) is 7.11 Å². The van der Waals surface area contributed by atoms with Crippen molar-refractivity contribution in [3.63, 3.8) is 0 Å². The number of esters is 1. The van der Waals surface area contributed by atoms with Crippen molar-refractivity contribution in [1.82, 2.24) is 0 Å². The van der Waals surface area contributed by atoms with E-state index < -0.39 is 0 Å². The van der Waals surface area contributed by atoms with Gasteiger partial charge < -0.3 is 4.74 Å². The van der Waals surface area contributed by atoms with E-state index in [1.54, 1.807) is 0 Å². The average molecular weight is 367 g/mol. The van der Waals surface area contributed by atoms with Crippen LogP contribution < -0.4 is 0 Å². The molecule has 0 aliphatic heterocycles. The summed E-state index contributed by atoms with van der Waals surface area (Å²) >= 11 is 12.6. The molecule has 0 saturated carbocycles.